The van der Waals surface area contributed by atoms with E-state index in [0.717, 1.165) is 11.8 Å². The normalized spacial score (nSPS) is 11.2. The van der Waals surface area contributed by atoms with Crippen molar-refractivity contribution in [2.24, 2.45) is 0 Å². The van der Waals surface area contributed by atoms with Crippen molar-refractivity contribution in [1.82, 2.24) is 15.2 Å². The monoisotopic (exact) mass is 351 g/mol. The highest BCUT2D eigenvalue weighted by Gasteiger charge is 2.16. The van der Waals surface area contributed by atoms with Gasteiger partial charge in [0.15, 0.2) is 11.5 Å². The average molecular weight is 351 g/mol. The standard InChI is InChI=1S/C15H17N3O5S/c1-8-16-15(18-17-8)24-12(14(19)20)7-9-5-10(21-2)13(23-4)11(6-9)22-3/h5-7H,1-4H3,(H,19,20)(H,16,17,18)/b12-7-. The summed E-state index contributed by atoms with van der Waals surface area (Å²) in [6.45, 7) is 1.74. The van der Waals surface area contributed by atoms with Crippen molar-refractivity contribution in [3.63, 3.8) is 0 Å². The van der Waals surface area contributed by atoms with Gasteiger partial charge in [-0.05, 0) is 42.5 Å². The largest absolute Gasteiger partial charge is 0.493 e. The van der Waals surface area contributed by atoms with E-state index in [-0.39, 0.29) is 4.91 Å². The van der Waals surface area contributed by atoms with Crippen LogP contribution in [0, 0.1) is 6.92 Å². The van der Waals surface area contributed by atoms with E-state index in [1.807, 2.05) is 0 Å². The summed E-state index contributed by atoms with van der Waals surface area (Å²) in [5.74, 6) is 0.829. The molecular weight excluding hydrogens is 334 g/mol. The maximum Gasteiger partial charge on any atom is 0.342 e. The smallest absolute Gasteiger partial charge is 0.342 e. The molecule has 0 fully saturated rings. The molecule has 128 valence electrons. The molecule has 0 bridgehead atoms. The van der Waals surface area contributed by atoms with Gasteiger partial charge in [-0.25, -0.2) is 9.78 Å². The number of carboxylic acids is 1. The van der Waals surface area contributed by atoms with Crippen LogP contribution in [0.15, 0.2) is 22.2 Å². The van der Waals surface area contributed by atoms with Crippen LogP contribution in [0.4, 0.5) is 0 Å². The summed E-state index contributed by atoms with van der Waals surface area (Å²) in [5.41, 5.74) is 0.585. The Balaban J connectivity index is 2.43. The third-order valence-electron chi connectivity index (χ3n) is 2.97. The molecule has 1 aromatic carbocycles. The summed E-state index contributed by atoms with van der Waals surface area (Å²) in [6, 6.07) is 3.32. The highest BCUT2D eigenvalue weighted by atomic mass is 32.2. The van der Waals surface area contributed by atoms with Crippen molar-refractivity contribution in [3.8, 4) is 17.2 Å². The number of H-pyrrole nitrogens is 1. The Morgan fingerprint density at radius 3 is 2.25 bits per heavy atom. The summed E-state index contributed by atoms with van der Waals surface area (Å²) >= 11 is 0.945. The lowest BCUT2D eigenvalue weighted by Crippen LogP contribution is -1.99. The van der Waals surface area contributed by atoms with Gasteiger partial charge in [0.2, 0.25) is 10.9 Å². The lowest BCUT2D eigenvalue weighted by molar-refractivity contribution is -0.131. The van der Waals surface area contributed by atoms with Crippen molar-refractivity contribution >= 4 is 23.8 Å². The number of carbonyl (C=O) groups is 1. The molecule has 0 aliphatic carbocycles. The first kappa shape index (κ1) is 17.7. The van der Waals surface area contributed by atoms with Gasteiger partial charge in [-0.2, -0.15) is 0 Å². The molecule has 0 saturated carbocycles. The highest BCUT2D eigenvalue weighted by Crippen LogP contribution is 2.39. The molecule has 0 aliphatic rings. The van der Waals surface area contributed by atoms with E-state index in [1.54, 1.807) is 19.1 Å². The Kier molecular flexibility index (Phi) is 5.69. The third kappa shape index (κ3) is 3.99. The second-order valence-corrected chi connectivity index (χ2v) is 5.59. The molecule has 0 spiro atoms. The van der Waals surface area contributed by atoms with Crippen LogP contribution < -0.4 is 14.2 Å². The number of methoxy groups -OCH3 is 3. The number of nitrogens with zero attached hydrogens (tertiary/aromatic N) is 2. The minimum absolute atomic E-state index is 0.0586. The van der Waals surface area contributed by atoms with Gasteiger partial charge in [0.1, 0.15) is 10.7 Å². The summed E-state index contributed by atoms with van der Waals surface area (Å²) < 4.78 is 15.8. The minimum atomic E-state index is -1.09. The van der Waals surface area contributed by atoms with E-state index >= 15 is 0 Å². The zero-order valence-corrected chi connectivity index (χ0v) is 14.4. The van der Waals surface area contributed by atoms with Gasteiger partial charge in [0.25, 0.3) is 0 Å². The van der Waals surface area contributed by atoms with Gasteiger partial charge < -0.3 is 19.3 Å². The molecule has 1 heterocycles. The minimum Gasteiger partial charge on any atom is -0.493 e. The van der Waals surface area contributed by atoms with E-state index in [2.05, 4.69) is 15.2 Å². The number of aromatic amines is 1. The maximum absolute atomic E-state index is 11.5. The van der Waals surface area contributed by atoms with Gasteiger partial charge in [-0.15, -0.1) is 5.10 Å². The number of carboxylic acid groups (broad SMARTS) is 1. The third-order valence-corrected chi connectivity index (χ3v) is 3.85. The van der Waals surface area contributed by atoms with Gasteiger partial charge in [0.05, 0.1) is 21.3 Å². The number of ether oxygens (including phenoxy) is 3. The number of rotatable bonds is 7. The molecule has 0 amide bonds. The molecular formula is C15H17N3O5S. The maximum atomic E-state index is 11.5. The molecule has 2 N–H and O–H groups in total. The number of benzene rings is 1. The van der Waals surface area contributed by atoms with Gasteiger partial charge in [-0.1, -0.05) is 0 Å². The second-order valence-electron chi connectivity index (χ2n) is 4.58. The average Bonchev–Trinajstić information content (AvgIpc) is 2.98. The number of thioether (sulfide) groups is 1. The Hall–Kier alpha value is -2.68. The molecule has 0 radical (unpaired) electrons. The molecule has 8 nitrogen and oxygen atoms in total. The van der Waals surface area contributed by atoms with Gasteiger partial charge in [-0.3, -0.25) is 5.10 Å². The van der Waals surface area contributed by atoms with E-state index in [9.17, 15) is 9.90 Å². The van der Waals surface area contributed by atoms with E-state index in [4.69, 9.17) is 14.2 Å². The topological polar surface area (TPSA) is 107 Å². The first-order valence-electron chi connectivity index (χ1n) is 6.80. The summed E-state index contributed by atoms with van der Waals surface area (Å²) in [7, 11) is 4.49. The second kappa shape index (κ2) is 7.73. The quantitative estimate of drug-likeness (QED) is 0.578. The molecule has 2 rings (SSSR count). The lowest BCUT2D eigenvalue weighted by atomic mass is 10.1. The van der Waals surface area contributed by atoms with Crippen LogP contribution in [0.3, 0.4) is 0 Å². The van der Waals surface area contributed by atoms with Crippen molar-refractivity contribution in [2.45, 2.75) is 12.1 Å². The van der Waals surface area contributed by atoms with Crippen molar-refractivity contribution in [1.29, 1.82) is 0 Å². The summed E-state index contributed by atoms with van der Waals surface area (Å²) in [4.78, 5) is 15.7. The zero-order chi connectivity index (χ0) is 17.7. The Labute approximate surface area is 142 Å². The molecule has 24 heavy (non-hydrogen) atoms. The Morgan fingerprint density at radius 1 is 1.21 bits per heavy atom. The SMILES string of the molecule is COc1cc(/C=C(\Sc2n[nH]c(C)n2)C(=O)O)cc(OC)c1OC. The van der Waals surface area contributed by atoms with Gasteiger partial charge in [0, 0.05) is 0 Å². The Morgan fingerprint density at radius 2 is 1.83 bits per heavy atom. The number of hydrogen-bond donors (Lipinski definition) is 2. The van der Waals surface area contributed by atoms with Gasteiger partial charge >= 0.3 is 5.97 Å². The van der Waals surface area contributed by atoms with E-state index < -0.39 is 5.97 Å². The summed E-state index contributed by atoms with van der Waals surface area (Å²) in [6.07, 6.45) is 1.49. The number of aryl methyl sites for hydroxylation is 1. The van der Waals surface area contributed by atoms with Crippen LogP contribution in [0.1, 0.15) is 11.4 Å². The van der Waals surface area contributed by atoms with Crippen LogP contribution in [0.5, 0.6) is 17.2 Å². The number of aliphatic carboxylic acids is 1. The van der Waals surface area contributed by atoms with Crippen LogP contribution in [-0.4, -0.2) is 47.6 Å². The van der Waals surface area contributed by atoms with E-state index in [0.29, 0.717) is 33.8 Å². The van der Waals surface area contributed by atoms with Crippen LogP contribution in [0.25, 0.3) is 6.08 Å². The molecule has 1 aromatic heterocycles. The Bertz CT molecular complexity index is 747. The molecule has 0 unspecified atom stereocenters. The number of nitrogens with one attached hydrogen (secondary N) is 1. The number of hydrogen-bond acceptors (Lipinski definition) is 7. The van der Waals surface area contributed by atoms with Crippen LogP contribution >= 0.6 is 11.8 Å². The molecule has 0 saturated heterocycles. The van der Waals surface area contributed by atoms with Crippen molar-refractivity contribution < 1.29 is 24.1 Å². The number of aromatic nitrogens is 3. The van der Waals surface area contributed by atoms with Crippen molar-refractivity contribution in [3.05, 3.63) is 28.4 Å². The molecule has 0 aliphatic heterocycles. The first-order valence-corrected chi connectivity index (χ1v) is 7.62. The molecule has 0 atom stereocenters. The molecule has 9 heteroatoms. The lowest BCUT2D eigenvalue weighted by Gasteiger charge is -2.13. The highest BCUT2D eigenvalue weighted by molar-refractivity contribution is 8.04. The first-order chi connectivity index (χ1) is 11.5. The van der Waals surface area contributed by atoms with Crippen LogP contribution in [0.2, 0.25) is 0 Å². The predicted octanol–water partition coefficient (Wildman–Crippen LogP) is 2.36. The van der Waals surface area contributed by atoms with E-state index in [1.165, 1.54) is 27.4 Å². The predicted molar refractivity (Wildman–Crippen MR) is 88.7 cm³/mol. The zero-order valence-electron chi connectivity index (χ0n) is 13.6. The summed E-state index contributed by atoms with van der Waals surface area (Å²) in [5, 5.41) is 16.3. The fraction of sp³-hybridized carbons (Fsp3) is 0.267. The fourth-order valence-corrected chi connectivity index (χ4v) is 2.69. The van der Waals surface area contributed by atoms with Crippen LogP contribution in [-0.2, 0) is 4.79 Å². The van der Waals surface area contributed by atoms with Crippen molar-refractivity contribution in [2.75, 3.05) is 21.3 Å². The fourth-order valence-electron chi connectivity index (χ4n) is 1.94. The molecule has 2 aromatic rings.